The summed E-state index contributed by atoms with van der Waals surface area (Å²) in [5.41, 5.74) is 1.75. The van der Waals surface area contributed by atoms with E-state index in [0.717, 1.165) is 17.3 Å². The number of amides is 1. The van der Waals surface area contributed by atoms with Crippen LogP contribution < -0.4 is 9.54 Å². The van der Waals surface area contributed by atoms with Crippen molar-refractivity contribution in [2.45, 2.75) is 18.4 Å². The number of terminal acetylenes is 1. The van der Waals surface area contributed by atoms with Crippen molar-refractivity contribution < 1.29 is 17.9 Å². The topological polar surface area (TPSA) is 77.7 Å². The molecule has 0 fully saturated rings. The first-order valence-corrected chi connectivity index (χ1v) is 11.0. The molecule has 3 aromatic rings. The maximum atomic E-state index is 12.3. The molecule has 144 valence electrons. The summed E-state index contributed by atoms with van der Waals surface area (Å²) < 4.78 is 31.5. The second-order valence-electron chi connectivity index (χ2n) is 6.19. The Kier molecular flexibility index (Phi) is 5.68. The third-order valence-electron chi connectivity index (χ3n) is 3.90. The third-order valence-corrected chi connectivity index (χ3v) is 6.06. The number of sulfone groups is 1. The fraction of sp³-hybridized carbons (Fsp3) is 0.200. The van der Waals surface area contributed by atoms with Crippen molar-refractivity contribution in [3.63, 3.8) is 0 Å². The summed E-state index contributed by atoms with van der Waals surface area (Å²) in [7, 11) is -3.34. The highest BCUT2D eigenvalue weighted by atomic mass is 32.2. The van der Waals surface area contributed by atoms with Gasteiger partial charge in [0.25, 0.3) is 5.91 Å². The lowest BCUT2D eigenvalue weighted by Crippen LogP contribution is -2.19. The molecule has 3 rings (SSSR count). The van der Waals surface area contributed by atoms with Crippen LogP contribution in [-0.4, -0.2) is 31.8 Å². The fourth-order valence-corrected chi connectivity index (χ4v) is 4.41. The summed E-state index contributed by atoms with van der Waals surface area (Å²) in [6.07, 6.45) is 6.59. The van der Waals surface area contributed by atoms with Crippen molar-refractivity contribution in [1.82, 2.24) is 4.57 Å². The van der Waals surface area contributed by atoms with Gasteiger partial charge in [-0.3, -0.25) is 4.79 Å². The van der Waals surface area contributed by atoms with Gasteiger partial charge < -0.3 is 9.30 Å². The minimum atomic E-state index is -3.34. The Morgan fingerprint density at radius 1 is 1.29 bits per heavy atom. The van der Waals surface area contributed by atoms with E-state index in [0.29, 0.717) is 15.3 Å². The molecule has 0 aliphatic rings. The summed E-state index contributed by atoms with van der Waals surface area (Å²) in [4.78, 5) is 17.0. The highest BCUT2D eigenvalue weighted by Gasteiger charge is 2.12. The van der Waals surface area contributed by atoms with Crippen LogP contribution in [0.15, 0.2) is 52.4 Å². The minimum Gasteiger partial charge on any atom is -0.484 e. The highest BCUT2D eigenvalue weighted by Crippen LogP contribution is 2.22. The number of fused-ring (bicyclic) bond motifs is 1. The zero-order chi connectivity index (χ0) is 20.3. The highest BCUT2D eigenvalue weighted by molar-refractivity contribution is 7.90. The number of ether oxygens (including phenoxy) is 1. The van der Waals surface area contributed by atoms with Gasteiger partial charge in [-0.2, -0.15) is 4.99 Å². The Morgan fingerprint density at radius 3 is 2.75 bits per heavy atom. The number of aryl methyl sites for hydroxylation is 1. The van der Waals surface area contributed by atoms with Crippen molar-refractivity contribution >= 4 is 37.3 Å². The predicted octanol–water partition coefficient (Wildman–Crippen LogP) is 2.55. The molecule has 6 nitrogen and oxygen atoms in total. The van der Waals surface area contributed by atoms with Gasteiger partial charge in [0.05, 0.1) is 21.7 Å². The molecular weight excluding hydrogens is 396 g/mol. The lowest BCUT2D eigenvalue weighted by molar-refractivity contribution is -0.120. The number of aromatic nitrogens is 1. The molecule has 0 saturated carbocycles. The van der Waals surface area contributed by atoms with Gasteiger partial charge in [0.2, 0.25) is 0 Å². The zero-order valence-corrected chi connectivity index (χ0v) is 17.0. The van der Waals surface area contributed by atoms with Crippen LogP contribution in [0.4, 0.5) is 0 Å². The molecule has 28 heavy (non-hydrogen) atoms. The van der Waals surface area contributed by atoms with Crippen molar-refractivity contribution in [2.75, 3.05) is 12.9 Å². The lowest BCUT2D eigenvalue weighted by Gasteiger charge is -2.04. The normalized spacial score (nSPS) is 12.1. The molecule has 0 N–H and O–H groups in total. The van der Waals surface area contributed by atoms with Gasteiger partial charge in [-0.15, -0.1) is 6.42 Å². The molecule has 1 amide bonds. The first-order chi connectivity index (χ1) is 13.3. The van der Waals surface area contributed by atoms with E-state index in [1.165, 1.54) is 17.4 Å². The Morgan fingerprint density at radius 2 is 2.07 bits per heavy atom. The largest absolute Gasteiger partial charge is 0.484 e. The van der Waals surface area contributed by atoms with Gasteiger partial charge in [-0.25, -0.2) is 8.42 Å². The van der Waals surface area contributed by atoms with Crippen molar-refractivity contribution in [2.24, 2.45) is 4.99 Å². The average Bonchev–Trinajstić information content (AvgIpc) is 2.96. The van der Waals surface area contributed by atoms with E-state index >= 15 is 0 Å². The molecule has 0 spiro atoms. The number of thiazole rings is 1. The zero-order valence-electron chi connectivity index (χ0n) is 15.4. The molecule has 0 radical (unpaired) electrons. The summed E-state index contributed by atoms with van der Waals surface area (Å²) in [5.74, 6) is 2.67. The van der Waals surface area contributed by atoms with Crippen molar-refractivity contribution in [1.29, 1.82) is 0 Å². The predicted molar refractivity (Wildman–Crippen MR) is 109 cm³/mol. The maximum Gasteiger partial charge on any atom is 0.286 e. The van der Waals surface area contributed by atoms with Crippen LogP contribution >= 0.6 is 11.3 Å². The fourth-order valence-electron chi connectivity index (χ4n) is 2.60. The minimum absolute atomic E-state index is 0.203. The molecule has 1 aromatic heterocycles. The first kappa shape index (κ1) is 19.9. The second-order valence-corrected chi connectivity index (χ2v) is 9.21. The van der Waals surface area contributed by atoms with Gasteiger partial charge in [0.15, 0.2) is 21.2 Å². The molecule has 0 unspecified atom stereocenters. The van der Waals surface area contributed by atoms with Crippen LogP contribution in [0.3, 0.4) is 0 Å². The summed E-state index contributed by atoms with van der Waals surface area (Å²) in [6, 6.07) is 12.1. The Bertz CT molecular complexity index is 1260. The van der Waals surface area contributed by atoms with E-state index in [2.05, 4.69) is 10.9 Å². The van der Waals surface area contributed by atoms with E-state index < -0.39 is 15.7 Å². The number of carbonyl (C=O) groups is 1. The molecule has 0 aliphatic heterocycles. The molecule has 0 bridgehead atoms. The molecule has 0 saturated heterocycles. The van der Waals surface area contributed by atoms with Gasteiger partial charge in [0.1, 0.15) is 5.75 Å². The van der Waals surface area contributed by atoms with Crippen LogP contribution in [0, 0.1) is 19.3 Å². The van der Waals surface area contributed by atoms with E-state index in [1.54, 1.807) is 22.8 Å². The number of rotatable bonds is 5. The quantitative estimate of drug-likeness (QED) is 0.601. The van der Waals surface area contributed by atoms with E-state index in [9.17, 15) is 13.2 Å². The summed E-state index contributed by atoms with van der Waals surface area (Å²) in [5, 5.41) is 0. The molecular formula is C20H18N2O4S2. The second kappa shape index (κ2) is 8.00. The number of carbonyl (C=O) groups excluding carboxylic acids is 1. The van der Waals surface area contributed by atoms with Crippen LogP contribution in [0.5, 0.6) is 5.75 Å². The lowest BCUT2D eigenvalue weighted by atomic mass is 10.2. The number of hydrogen-bond acceptors (Lipinski definition) is 5. The van der Waals surface area contributed by atoms with Gasteiger partial charge >= 0.3 is 0 Å². The van der Waals surface area contributed by atoms with E-state index in [-0.39, 0.29) is 18.0 Å². The smallest absolute Gasteiger partial charge is 0.286 e. The van der Waals surface area contributed by atoms with Crippen LogP contribution in [0.25, 0.3) is 10.2 Å². The van der Waals surface area contributed by atoms with Crippen molar-refractivity contribution in [3.8, 4) is 18.1 Å². The summed E-state index contributed by atoms with van der Waals surface area (Å²) in [6.45, 7) is 1.94. The van der Waals surface area contributed by atoms with Crippen LogP contribution in [-0.2, 0) is 21.2 Å². The number of nitrogens with zero attached hydrogens (tertiary/aromatic N) is 2. The number of benzene rings is 2. The molecule has 0 aliphatic carbocycles. The monoisotopic (exact) mass is 414 g/mol. The van der Waals surface area contributed by atoms with Gasteiger partial charge in [0, 0.05) is 6.26 Å². The maximum absolute atomic E-state index is 12.3. The standard InChI is InChI=1S/C20H18N2O4S2/c1-4-10-22-17-9-8-16(28(3,24)25)12-18(17)27-20(22)21-19(23)13-26-15-7-5-6-14(2)11-15/h1,5-9,11-12H,10,13H2,2-3H3. The molecule has 8 heteroatoms. The SMILES string of the molecule is C#CCn1c(=NC(=O)COc2cccc(C)c2)sc2cc(S(C)(=O)=O)ccc21. The Hall–Kier alpha value is -2.89. The Labute approximate surface area is 167 Å². The van der Waals surface area contributed by atoms with Crippen molar-refractivity contribution in [3.05, 3.63) is 52.8 Å². The first-order valence-electron chi connectivity index (χ1n) is 8.32. The van der Waals surface area contributed by atoms with E-state index in [1.807, 2.05) is 25.1 Å². The van der Waals surface area contributed by atoms with Crippen LogP contribution in [0.2, 0.25) is 0 Å². The number of hydrogen-bond donors (Lipinski definition) is 0. The van der Waals surface area contributed by atoms with Gasteiger partial charge in [-0.05, 0) is 42.8 Å². The van der Waals surface area contributed by atoms with E-state index in [4.69, 9.17) is 11.2 Å². The van der Waals surface area contributed by atoms with Gasteiger partial charge in [-0.1, -0.05) is 29.4 Å². The molecule has 2 aromatic carbocycles. The molecule has 0 atom stereocenters. The molecule has 1 heterocycles. The Balaban J connectivity index is 1.94. The summed E-state index contributed by atoms with van der Waals surface area (Å²) >= 11 is 1.21. The average molecular weight is 415 g/mol. The third kappa shape index (κ3) is 4.50. The van der Waals surface area contributed by atoms with Crippen LogP contribution in [0.1, 0.15) is 5.56 Å².